The highest BCUT2D eigenvalue weighted by atomic mass is 19.1. The summed E-state index contributed by atoms with van der Waals surface area (Å²) < 4.78 is 38.5. The van der Waals surface area contributed by atoms with Crippen molar-refractivity contribution in [3.63, 3.8) is 0 Å². The van der Waals surface area contributed by atoms with Gasteiger partial charge in [0.25, 0.3) is 0 Å². The van der Waals surface area contributed by atoms with Crippen LogP contribution >= 0.6 is 0 Å². The number of ether oxygens (including phenoxy) is 1. The fourth-order valence-electron chi connectivity index (χ4n) is 4.89. The zero-order valence-electron chi connectivity index (χ0n) is 19.9. The zero-order chi connectivity index (χ0) is 24.3. The van der Waals surface area contributed by atoms with E-state index in [1.807, 2.05) is 41.5 Å². The van der Waals surface area contributed by atoms with Gasteiger partial charge in [0, 0.05) is 57.1 Å². The lowest BCUT2D eigenvalue weighted by Gasteiger charge is -2.28. The van der Waals surface area contributed by atoms with E-state index in [0.717, 1.165) is 18.1 Å². The number of fused-ring (bicyclic) bond motifs is 1. The summed E-state index contributed by atoms with van der Waals surface area (Å²) in [5, 5.41) is 4.51. The molecule has 1 aromatic carbocycles. The molecule has 1 saturated heterocycles. The molecule has 0 N–H and O–H groups in total. The highest BCUT2D eigenvalue weighted by Gasteiger charge is 2.31. The number of aryl methyl sites for hydroxylation is 1. The molecule has 1 aliphatic heterocycles. The van der Waals surface area contributed by atoms with Crippen molar-refractivity contribution >= 4 is 17.1 Å². The van der Waals surface area contributed by atoms with Gasteiger partial charge in [0.05, 0.1) is 18.3 Å². The van der Waals surface area contributed by atoms with Gasteiger partial charge in [-0.1, -0.05) is 0 Å². The van der Waals surface area contributed by atoms with Gasteiger partial charge in [-0.25, -0.2) is 18.7 Å². The Balaban J connectivity index is 1.42. The number of imidazole rings is 1. The molecule has 2 fully saturated rings. The summed E-state index contributed by atoms with van der Waals surface area (Å²) in [5.41, 5.74) is 2.79. The predicted octanol–water partition coefficient (Wildman–Crippen LogP) is 4.54. The van der Waals surface area contributed by atoms with Crippen LogP contribution in [0, 0.1) is 11.6 Å². The summed E-state index contributed by atoms with van der Waals surface area (Å²) in [6, 6.07) is 4.07. The molecule has 2 unspecified atom stereocenters. The normalized spacial score (nSPS) is 20.5. The van der Waals surface area contributed by atoms with Crippen molar-refractivity contribution < 1.29 is 13.5 Å². The van der Waals surface area contributed by atoms with Crippen LogP contribution in [0.4, 0.5) is 14.7 Å². The molecule has 182 valence electrons. The first kappa shape index (κ1) is 22.1. The topological polar surface area (TPSA) is 73.9 Å². The average Bonchev–Trinajstić information content (AvgIpc) is 3.47. The van der Waals surface area contributed by atoms with E-state index < -0.39 is 11.6 Å². The Hall–Kier alpha value is -3.40. The highest BCUT2D eigenvalue weighted by Crippen LogP contribution is 2.40. The molecule has 0 spiro atoms. The Kier molecular flexibility index (Phi) is 5.28. The van der Waals surface area contributed by atoms with Crippen LogP contribution in [0.1, 0.15) is 55.1 Å². The molecule has 2 aliphatic rings. The summed E-state index contributed by atoms with van der Waals surface area (Å²) in [4.78, 5) is 16.3. The standard InChI is InChI=1S/C25H27F2N7O/c1-32(2)25-31-24-22(33(25)3)21(18-7-4-16(26)11-19(18)27)29-23(30-24)14-8-9-35-20(10-14)15-12-28-34(13-15)17-5-6-17/h4,7,11-14,17,20H,5-6,8-10H2,1-3H3. The number of aromatic nitrogens is 6. The maximum absolute atomic E-state index is 14.9. The van der Waals surface area contributed by atoms with Crippen molar-refractivity contribution in [2.45, 2.75) is 43.7 Å². The number of nitrogens with zero attached hydrogens (tertiary/aromatic N) is 7. The van der Waals surface area contributed by atoms with E-state index in [0.29, 0.717) is 47.7 Å². The molecule has 2 atom stereocenters. The number of hydrogen-bond donors (Lipinski definition) is 0. The molecule has 6 rings (SSSR count). The van der Waals surface area contributed by atoms with Gasteiger partial charge in [-0.15, -0.1) is 0 Å². The fraction of sp³-hybridized carbons (Fsp3) is 0.440. The van der Waals surface area contributed by atoms with Crippen LogP contribution in [0.3, 0.4) is 0 Å². The van der Waals surface area contributed by atoms with Crippen LogP contribution in [-0.4, -0.2) is 50.0 Å². The van der Waals surface area contributed by atoms with Crippen LogP contribution in [0.15, 0.2) is 30.6 Å². The number of benzene rings is 1. The lowest BCUT2D eigenvalue weighted by molar-refractivity contribution is 0.00396. The Labute approximate surface area is 201 Å². The van der Waals surface area contributed by atoms with E-state index in [4.69, 9.17) is 19.7 Å². The third-order valence-electron chi connectivity index (χ3n) is 6.87. The average molecular weight is 480 g/mol. The lowest BCUT2D eigenvalue weighted by atomic mass is 9.92. The molecule has 4 aromatic rings. The van der Waals surface area contributed by atoms with Gasteiger partial charge in [-0.2, -0.15) is 10.1 Å². The van der Waals surface area contributed by atoms with E-state index in [1.54, 1.807) is 0 Å². The molecule has 0 amide bonds. The number of anilines is 1. The SMILES string of the molecule is CN(C)c1nc2nc(C3CCOC(c4cnn(C5CC5)c4)C3)nc(-c3ccc(F)cc3F)c2n1C. The smallest absolute Gasteiger partial charge is 0.207 e. The Morgan fingerprint density at radius 3 is 2.66 bits per heavy atom. The van der Waals surface area contributed by atoms with Gasteiger partial charge in [-0.05, 0) is 37.8 Å². The van der Waals surface area contributed by atoms with Crippen LogP contribution in [0.2, 0.25) is 0 Å². The summed E-state index contributed by atoms with van der Waals surface area (Å²) in [6.45, 7) is 0.566. The first-order valence-corrected chi connectivity index (χ1v) is 11.9. The van der Waals surface area contributed by atoms with Crippen LogP contribution in [0.5, 0.6) is 0 Å². The molecule has 0 bridgehead atoms. The van der Waals surface area contributed by atoms with E-state index in [2.05, 4.69) is 11.3 Å². The fourth-order valence-corrected chi connectivity index (χ4v) is 4.89. The summed E-state index contributed by atoms with van der Waals surface area (Å²) in [7, 11) is 5.62. The lowest BCUT2D eigenvalue weighted by Crippen LogP contribution is -2.20. The van der Waals surface area contributed by atoms with Gasteiger partial charge in [0.15, 0.2) is 5.65 Å². The van der Waals surface area contributed by atoms with Gasteiger partial charge in [0.2, 0.25) is 5.95 Å². The maximum Gasteiger partial charge on any atom is 0.207 e. The van der Waals surface area contributed by atoms with Crippen LogP contribution in [-0.2, 0) is 11.8 Å². The van der Waals surface area contributed by atoms with Crippen molar-refractivity contribution in [2.75, 3.05) is 25.6 Å². The Morgan fingerprint density at radius 2 is 1.91 bits per heavy atom. The van der Waals surface area contributed by atoms with E-state index in [9.17, 15) is 8.78 Å². The second kappa shape index (κ2) is 8.37. The summed E-state index contributed by atoms with van der Waals surface area (Å²) in [5.74, 6) is -0.0137. The minimum Gasteiger partial charge on any atom is -0.373 e. The summed E-state index contributed by atoms with van der Waals surface area (Å²) >= 11 is 0. The monoisotopic (exact) mass is 479 g/mol. The molecule has 0 radical (unpaired) electrons. The molecule has 8 nitrogen and oxygen atoms in total. The first-order valence-electron chi connectivity index (χ1n) is 11.9. The van der Waals surface area contributed by atoms with Gasteiger partial charge in [-0.3, -0.25) is 4.68 Å². The van der Waals surface area contributed by atoms with Crippen molar-refractivity contribution in [1.82, 2.24) is 29.3 Å². The quantitative estimate of drug-likeness (QED) is 0.418. The third-order valence-corrected chi connectivity index (χ3v) is 6.87. The van der Waals surface area contributed by atoms with Crippen molar-refractivity contribution in [3.05, 3.63) is 53.6 Å². The minimum atomic E-state index is -0.666. The van der Waals surface area contributed by atoms with Gasteiger partial charge < -0.3 is 14.2 Å². The second-order valence-electron chi connectivity index (χ2n) is 9.66. The molecule has 1 aliphatic carbocycles. The second-order valence-corrected chi connectivity index (χ2v) is 9.66. The van der Waals surface area contributed by atoms with E-state index in [-0.39, 0.29) is 17.6 Å². The Bertz CT molecular complexity index is 1410. The number of halogens is 2. The molecule has 4 heterocycles. The van der Waals surface area contributed by atoms with Crippen molar-refractivity contribution in [3.8, 4) is 11.3 Å². The van der Waals surface area contributed by atoms with E-state index in [1.165, 1.54) is 25.0 Å². The largest absolute Gasteiger partial charge is 0.373 e. The summed E-state index contributed by atoms with van der Waals surface area (Å²) in [6.07, 6.45) is 7.65. The molecular weight excluding hydrogens is 452 g/mol. The van der Waals surface area contributed by atoms with Crippen LogP contribution < -0.4 is 4.90 Å². The molecule has 10 heteroatoms. The van der Waals surface area contributed by atoms with Gasteiger partial charge in [0.1, 0.15) is 28.7 Å². The molecule has 3 aromatic heterocycles. The predicted molar refractivity (Wildman–Crippen MR) is 127 cm³/mol. The number of hydrogen-bond acceptors (Lipinski definition) is 6. The van der Waals surface area contributed by atoms with Crippen LogP contribution in [0.25, 0.3) is 22.4 Å². The Morgan fingerprint density at radius 1 is 1.09 bits per heavy atom. The maximum atomic E-state index is 14.9. The first-order chi connectivity index (χ1) is 16.9. The van der Waals surface area contributed by atoms with E-state index >= 15 is 0 Å². The third kappa shape index (κ3) is 3.95. The van der Waals surface area contributed by atoms with Crippen molar-refractivity contribution in [2.24, 2.45) is 7.05 Å². The van der Waals surface area contributed by atoms with Crippen molar-refractivity contribution in [1.29, 1.82) is 0 Å². The molecular formula is C25H27F2N7O. The zero-order valence-corrected chi connectivity index (χ0v) is 19.9. The highest BCUT2D eigenvalue weighted by molar-refractivity contribution is 5.89. The number of rotatable bonds is 5. The van der Waals surface area contributed by atoms with Gasteiger partial charge >= 0.3 is 0 Å². The molecule has 1 saturated carbocycles. The minimum absolute atomic E-state index is 0.00879. The molecule has 35 heavy (non-hydrogen) atoms.